The van der Waals surface area contributed by atoms with Crippen LogP contribution in [0.2, 0.25) is 0 Å². The largest absolute Gasteiger partial charge is 0.369 e. The summed E-state index contributed by atoms with van der Waals surface area (Å²) in [5.74, 6) is -0.321. The van der Waals surface area contributed by atoms with Crippen LogP contribution in [-0.4, -0.2) is 43.2 Å². The van der Waals surface area contributed by atoms with Crippen LogP contribution >= 0.6 is 0 Å². The van der Waals surface area contributed by atoms with Crippen LogP contribution in [0.25, 0.3) is 0 Å². The van der Waals surface area contributed by atoms with Crippen molar-refractivity contribution in [2.45, 2.75) is 44.2 Å². The molecule has 0 atom stereocenters. The van der Waals surface area contributed by atoms with E-state index in [2.05, 4.69) is 10.6 Å². The van der Waals surface area contributed by atoms with Gasteiger partial charge in [0.1, 0.15) is 6.61 Å². The van der Waals surface area contributed by atoms with Gasteiger partial charge in [-0.25, -0.2) is 0 Å². The van der Waals surface area contributed by atoms with Crippen LogP contribution in [0.4, 0.5) is 0 Å². The van der Waals surface area contributed by atoms with Gasteiger partial charge in [0.15, 0.2) is 0 Å². The molecule has 1 saturated heterocycles. The van der Waals surface area contributed by atoms with Crippen LogP contribution in [-0.2, 0) is 14.3 Å². The fourth-order valence-corrected chi connectivity index (χ4v) is 2.61. The van der Waals surface area contributed by atoms with Gasteiger partial charge in [0.2, 0.25) is 11.8 Å². The first-order valence-corrected chi connectivity index (χ1v) is 6.92. The Hall–Kier alpha value is -1.14. The van der Waals surface area contributed by atoms with Gasteiger partial charge >= 0.3 is 0 Å². The fourth-order valence-electron chi connectivity index (χ4n) is 2.61. The summed E-state index contributed by atoms with van der Waals surface area (Å²) in [6, 6.07) is 0.152. The van der Waals surface area contributed by atoms with Crippen LogP contribution in [0.15, 0.2) is 0 Å². The first kappa shape index (κ1) is 14.3. The molecular formula is C13H23N3O3. The second-order valence-electron chi connectivity index (χ2n) is 5.86. The Kier molecular flexibility index (Phi) is 4.42. The van der Waals surface area contributed by atoms with Crippen molar-refractivity contribution in [2.24, 2.45) is 11.7 Å². The lowest BCUT2D eigenvalue weighted by Gasteiger charge is -2.39. The molecule has 4 N–H and O–H groups in total. The molecule has 0 radical (unpaired) electrons. The van der Waals surface area contributed by atoms with Crippen LogP contribution in [0, 0.1) is 5.92 Å². The molecule has 6 heteroatoms. The Morgan fingerprint density at radius 2 is 1.95 bits per heavy atom. The highest BCUT2D eigenvalue weighted by atomic mass is 16.5. The highest BCUT2D eigenvalue weighted by molar-refractivity contribution is 5.78. The third-order valence-corrected chi connectivity index (χ3v) is 4.04. The molecule has 108 valence electrons. The van der Waals surface area contributed by atoms with E-state index in [0.29, 0.717) is 0 Å². The van der Waals surface area contributed by atoms with Crippen molar-refractivity contribution in [1.29, 1.82) is 0 Å². The normalized spacial score (nSPS) is 29.3. The molecule has 1 heterocycles. The molecule has 0 spiro atoms. The maximum Gasteiger partial charge on any atom is 0.246 e. The smallest absolute Gasteiger partial charge is 0.246 e. The summed E-state index contributed by atoms with van der Waals surface area (Å²) in [7, 11) is 0. The van der Waals surface area contributed by atoms with Gasteiger partial charge in [-0.15, -0.1) is 0 Å². The van der Waals surface area contributed by atoms with Gasteiger partial charge < -0.3 is 21.1 Å². The minimum Gasteiger partial charge on any atom is -0.369 e. The van der Waals surface area contributed by atoms with E-state index in [9.17, 15) is 9.59 Å². The van der Waals surface area contributed by atoms with Crippen LogP contribution in [0.5, 0.6) is 0 Å². The predicted molar refractivity (Wildman–Crippen MR) is 70.3 cm³/mol. The number of hydrogen-bond donors (Lipinski definition) is 3. The van der Waals surface area contributed by atoms with Gasteiger partial charge in [-0.3, -0.25) is 9.59 Å². The number of carbonyl (C=O) groups excluding carboxylic acids is 2. The quantitative estimate of drug-likeness (QED) is 0.629. The molecule has 1 aliphatic heterocycles. The van der Waals surface area contributed by atoms with Crippen molar-refractivity contribution in [2.75, 3.05) is 19.7 Å². The lowest BCUT2D eigenvalue weighted by Crippen LogP contribution is -2.59. The Morgan fingerprint density at radius 1 is 1.32 bits per heavy atom. The molecule has 0 aromatic carbocycles. The fraction of sp³-hybridized carbons (Fsp3) is 0.846. The molecule has 0 bridgehead atoms. The Bertz CT molecular complexity index is 347. The molecule has 2 aliphatic rings. The van der Waals surface area contributed by atoms with Gasteiger partial charge in [0, 0.05) is 25.0 Å². The van der Waals surface area contributed by atoms with Gasteiger partial charge in [0.05, 0.1) is 5.60 Å². The first-order valence-electron chi connectivity index (χ1n) is 6.92. The Balaban J connectivity index is 1.64. The van der Waals surface area contributed by atoms with Gasteiger partial charge in [0.25, 0.3) is 0 Å². The molecule has 2 rings (SSSR count). The monoisotopic (exact) mass is 269 g/mol. The number of rotatable bonds is 5. The number of nitrogens with one attached hydrogen (secondary N) is 2. The lowest BCUT2D eigenvalue weighted by molar-refractivity contribution is -0.136. The molecule has 1 aliphatic carbocycles. The summed E-state index contributed by atoms with van der Waals surface area (Å²) in [5, 5.41) is 6.08. The lowest BCUT2D eigenvalue weighted by atomic mass is 9.85. The SMILES string of the molecule is CC1(OCC(=O)NC2CCC(C(N)=O)CC2)CNC1. The molecule has 0 unspecified atom stereocenters. The zero-order valence-electron chi connectivity index (χ0n) is 11.4. The van der Waals surface area contributed by atoms with E-state index in [1.807, 2.05) is 6.92 Å². The summed E-state index contributed by atoms with van der Waals surface area (Å²) in [4.78, 5) is 22.8. The predicted octanol–water partition coefficient (Wildman–Crippen LogP) is -0.475. The van der Waals surface area contributed by atoms with Crippen LogP contribution in [0.3, 0.4) is 0 Å². The molecule has 6 nitrogen and oxygen atoms in total. The van der Waals surface area contributed by atoms with E-state index in [0.717, 1.165) is 38.8 Å². The van der Waals surface area contributed by atoms with Gasteiger partial charge in [-0.2, -0.15) is 0 Å². The van der Waals surface area contributed by atoms with Gasteiger partial charge in [-0.05, 0) is 32.6 Å². The van der Waals surface area contributed by atoms with E-state index < -0.39 is 0 Å². The Morgan fingerprint density at radius 3 is 2.42 bits per heavy atom. The summed E-state index contributed by atoms with van der Waals surface area (Å²) in [6.45, 7) is 3.69. The minimum atomic E-state index is -0.224. The zero-order chi connectivity index (χ0) is 13.9. The molecule has 0 aromatic heterocycles. The second-order valence-corrected chi connectivity index (χ2v) is 5.86. The number of amides is 2. The Labute approximate surface area is 113 Å². The van der Waals surface area contributed by atoms with E-state index in [4.69, 9.17) is 10.5 Å². The van der Waals surface area contributed by atoms with Crippen molar-refractivity contribution in [3.8, 4) is 0 Å². The van der Waals surface area contributed by atoms with E-state index >= 15 is 0 Å². The summed E-state index contributed by atoms with van der Waals surface area (Å²) >= 11 is 0. The third kappa shape index (κ3) is 3.91. The highest BCUT2D eigenvalue weighted by Gasteiger charge is 2.33. The molecule has 0 aromatic rings. The molecule has 1 saturated carbocycles. The molecule has 2 amide bonds. The first-order chi connectivity index (χ1) is 8.98. The summed E-state index contributed by atoms with van der Waals surface area (Å²) in [6.07, 6.45) is 3.17. The average molecular weight is 269 g/mol. The van der Waals surface area contributed by atoms with E-state index in [1.165, 1.54) is 0 Å². The average Bonchev–Trinajstić information content (AvgIpc) is 2.35. The maximum atomic E-state index is 11.8. The van der Waals surface area contributed by atoms with Crippen molar-refractivity contribution in [3.05, 3.63) is 0 Å². The second kappa shape index (κ2) is 5.88. The number of primary amides is 1. The number of hydrogen-bond acceptors (Lipinski definition) is 4. The van der Waals surface area contributed by atoms with E-state index in [-0.39, 0.29) is 36.0 Å². The standard InChI is InChI=1S/C13H23N3O3/c1-13(7-15-8-13)19-6-11(17)16-10-4-2-9(3-5-10)12(14)18/h9-10,15H,2-8H2,1H3,(H2,14,18)(H,16,17). The van der Waals surface area contributed by atoms with Crippen molar-refractivity contribution < 1.29 is 14.3 Å². The minimum absolute atomic E-state index is 0.0237. The highest BCUT2D eigenvalue weighted by Crippen LogP contribution is 2.24. The van der Waals surface area contributed by atoms with Crippen molar-refractivity contribution >= 4 is 11.8 Å². The summed E-state index contributed by atoms with van der Waals surface area (Å²) in [5.41, 5.74) is 5.09. The van der Waals surface area contributed by atoms with Crippen LogP contribution < -0.4 is 16.4 Å². The number of nitrogens with two attached hydrogens (primary N) is 1. The van der Waals surface area contributed by atoms with Crippen molar-refractivity contribution in [1.82, 2.24) is 10.6 Å². The zero-order valence-corrected chi connectivity index (χ0v) is 11.4. The van der Waals surface area contributed by atoms with Gasteiger partial charge in [-0.1, -0.05) is 0 Å². The number of ether oxygens (including phenoxy) is 1. The molecular weight excluding hydrogens is 246 g/mol. The molecule has 2 fully saturated rings. The van der Waals surface area contributed by atoms with Crippen LogP contribution in [0.1, 0.15) is 32.6 Å². The van der Waals surface area contributed by atoms with E-state index in [1.54, 1.807) is 0 Å². The topological polar surface area (TPSA) is 93.4 Å². The third-order valence-electron chi connectivity index (χ3n) is 4.04. The van der Waals surface area contributed by atoms with Crippen molar-refractivity contribution in [3.63, 3.8) is 0 Å². The maximum absolute atomic E-state index is 11.8. The summed E-state index contributed by atoms with van der Waals surface area (Å²) < 4.78 is 5.58. The number of carbonyl (C=O) groups is 2. The molecule has 19 heavy (non-hydrogen) atoms.